The number of imidazole rings is 1. The van der Waals surface area contributed by atoms with Crippen molar-refractivity contribution in [3.63, 3.8) is 0 Å². The van der Waals surface area contributed by atoms with E-state index in [-0.39, 0.29) is 0 Å². The predicted octanol–water partition coefficient (Wildman–Crippen LogP) is 4.95. The highest BCUT2D eigenvalue weighted by molar-refractivity contribution is 5.43. The lowest BCUT2D eigenvalue weighted by Gasteiger charge is -2.38. The zero-order chi connectivity index (χ0) is 26.3. The average Bonchev–Trinajstić information content (AvgIpc) is 3.36. The highest BCUT2D eigenvalue weighted by Gasteiger charge is 2.33. The van der Waals surface area contributed by atoms with E-state index in [1.807, 2.05) is 37.5 Å². The minimum Gasteiger partial charge on any atom is -0.493 e. The largest absolute Gasteiger partial charge is 0.493 e. The molecule has 1 fully saturated rings. The second-order valence-electron chi connectivity index (χ2n) is 10.1. The van der Waals surface area contributed by atoms with Gasteiger partial charge in [0, 0.05) is 45.0 Å². The van der Waals surface area contributed by atoms with Gasteiger partial charge in [-0.25, -0.2) is 4.98 Å². The summed E-state index contributed by atoms with van der Waals surface area (Å²) < 4.78 is 19.8. The van der Waals surface area contributed by atoms with Crippen LogP contribution in [0.3, 0.4) is 0 Å². The number of likely N-dealkylation sites (tertiary alicyclic amines) is 1. The summed E-state index contributed by atoms with van der Waals surface area (Å²) in [4.78, 5) is 6.74. The molecule has 37 heavy (non-hydrogen) atoms. The van der Waals surface area contributed by atoms with Crippen molar-refractivity contribution in [2.75, 3.05) is 33.4 Å². The lowest BCUT2D eigenvalue weighted by molar-refractivity contribution is -0.0538. The van der Waals surface area contributed by atoms with Gasteiger partial charge in [0.05, 0.1) is 13.7 Å². The molecule has 0 saturated carbocycles. The lowest BCUT2D eigenvalue weighted by Crippen LogP contribution is -2.47. The second-order valence-corrected chi connectivity index (χ2v) is 10.1. The highest BCUT2D eigenvalue weighted by Crippen LogP contribution is 2.30. The molecule has 7 nitrogen and oxygen atoms in total. The van der Waals surface area contributed by atoms with Crippen LogP contribution in [0.2, 0.25) is 0 Å². The smallest absolute Gasteiger partial charge is 0.161 e. The number of nitrogens with zero attached hydrogens (tertiary/aromatic N) is 3. The molecule has 2 heterocycles. The molecule has 3 aromatic rings. The van der Waals surface area contributed by atoms with E-state index in [1.165, 1.54) is 11.1 Å². The quantitative estimate of drug-likeness (QED) is 0.350. The maximum atomic E-state index is 11.1. The average molecular weight is 508 g/mol. The first-order valence-electron chi connectivity index (χ1n) is 13.3. The molecular weight excluding hydrogens is 466 g/mol. The van der Waals surface area contributed by atoms with Gasteiger partial charge in [-0.1, -0.05) is 30.7 Å². The fourth-order valence-corrected chi connectivity index (χ4v) is 4.91. The van der Waals surface area contributed by atoms with Gasteiger partial charge in [-0.15, -0.1) is 0 Å². The van der Waals surface area contributed by atoms with Crippen molar-refractivity contribution in [3.05, 3.63) is 71.3 Å². The molecule has 2 aromatic carbocycles. The van der Waals surface area contributed by atoms with Crippen LogP contribution in [0.1, 0.15) is 48.7 Å². The van der Waals surface area contributed by atoms with Crippen LogP contribution in [0.15, 0.2) is 48.8 Å². The zero-order valence-corrected chi connectivity index (χ0v) is 22.7. The monoisotopic (exact) mass is 507 g/mol. The molecule has 0 aliphatic carbocycles. The Morgan fingerprint density at radius 3 is 2.51 bits per heavy atom. The maximum absolute atomic E-state index is 11.1. The summed E-state index contributed by atoms with van der Waals surface area (Å²) in [7, 11) is 1.68. The van der Waals surface area contributed by atoms with Gasteiger partial charge in [-0.2, -0.15) is 0 Å². The number of hydrogen-bond donors (Lipinski definition) is 1. The van der Waals surface area contributed by atoms with Gasteiger partial charge in [0.25, 0.3) is 0 Å². The van der Waals surface area contributed by atoms with Crippen LogP contribution in [-0.2, 0) is 19.5 Å². The molecule has 1 aliphatic heterocycles. The summed E-state index contributed by atoms with van der Waals surface area (Å²) in [5, 5.41) is 11.1. The Morgan fingerprint density at radius 1 is 1.00 bits per heavy atom. The SMILES string of the molecule is CCc1nccn1CCCOc1ccc(CN2CCC(O)(COc3ccc(C)cc3C)CC2)cc1OC. The normalized spacial score (nSPS) is 15.5. The third kappa shape index (κ3) is 7.27. The third-order valence-electron chi connectivity index (χ3n) is 7.17. The lowest BCUT2D eigenvalue weighted by atomic mass is 9.92. The van der Waals surface area contributed by atoms with Gasteiger partial charge in [-0.05, 0) is 62.4 Å². The highest BCUT2D eigenvalue weighted by atomic mass is 16.5. The Hall–Kier alpha value is -3.03. The van der Waals surface area contributed by atoms with E-state index in [0.29, 0.717) is 26.1 Å². The van der Waals surface area contributed by atoms with E-state index in [4.69, 9.17) is 14.2 Å². The van der Waals surface area contributed by atoms with Gasteiger partial charge in [0.2, 0.25) is 0 Å². The molecule has 1 N–H and O–H groups in total. The van der Waals surface area contributed by atoms with Crippen LogP contribution in [-0.4, -0.2) is 58.6 Å². The van der Waals surface area contributed by atoms with Crippen molar-refractivity contribution < 1.29 is 19.3 Å². The summed E-state index contributed by atoms with van der Waals surface area (Å²) in [6.45, 7) is 10.5. The number of aromatic nitrogens is 2. The molecule has 200 valence electrons. The van der Waals surface area contributed by atoms with Gasteiger partial charge < -0.3 is 23.9 Å². The third-order valence-corrected chi connectivity index (χ3v) is 7.17. The van der Waals surface area contributed by atoms with E-state index in [2.05, 4.69) is 46.5 Å². The number of methoxy groups -OCH3 is 1. The number of ether oxygens (including phenoxy) is 3. The molecule has 0 atom stereocenters. The van der Waals surface area contributed by atoms with Crippen LogP contribution in [0, 0.1) is 13.8 Å². The van der Waals surface area contributed by atoms with E-state index >= 15 is 0 Å². The Bertz CT molecular complexity index is 1150. The molecule has 0 spiro atoms. The Balaban J connectivity index is 1.23. The molecular formula is C30H41N3O4. The van der Waals surface area contributed by atoms with Crippen LogP contribution < -0.4 is 14.2 Å². The molecule has 0 unspecified atom stereocenters. The second kappa shape index (κ2) is 12.5. The fourth-order valence-electron chi connectivity index (χ4n) is 4.91. The van der Waals surface area contributed by atoms with Crippen molar-refractivity contribution in [1.29, 1.82) is 0 Å². The van der Waals surface area contributed by atoms with E-state index in [0.717, 1.165) is 67.7 Å². The maximum Gasteiger partial charge on any atom is 0.161 e. The molecule has 4 rings (SSSR count). The van der Waals surface area contributed by atoms with E-state index < -0.39 is 5.60 Å². The standard InChI is InChI=1S/C30H41N3O4/c1-5-29-31-13-17-33(29)14-6-18-36-27-10-8-25(20-28(27)35-4)21-32-15-11-30(34,12-16-32)22-37-26-9-7-23(2)19-24(26)3/h7-10,13,17,19-20,34H,5-6,11-12,14-16,18,21-22H2,1-4H3. The minimum absolute atomic E-state index is 0.325. The topological polar surface area (TPSA) is 69.0 Å². The molecule has 7 heteroatoms. The number of aryl methyl sites for hydroxylation is 4. The fraction of sp³-hybridized carbons (Fsp3) is 0.500. The van der Waals surface area contributed by atoms with Gasteiger partial charge in [0.1, 0.15) is 23.8 Å². The summed E-state index contributed by atoms with van der Waals surface area (Å²) >= 11 is 0. The van der Waals surface area contributed by atoms with E-state index in [1.54, 1.807) is 7.11 Å². The van der Waals surface area contributed by atoms with Crippen molar-refractivity contribution in [1.82, 2.24) is 14.5 Å². The van der Waals surface area contributed by atoms with Crippen molar-refractivity contribution in [2.24, 2.45) is 0 Å². The number of benzene rings is 2. The van der Waals surface area contributed by atoms with Crippen LogP contribution in [0.4, 0.5) is 0 Å². The van der Waals surface area contributed by atoms with Crippen molar-refractivity contribution in [3.8, 4) is 17.2 Å². The first kappa shape index (κ1) is 27.0. The summed E-state index contributed by atoms with van der Waals surface area (Å²) in [6.07, 6.45) is 7.08. The number of rotatable bonds is 12. The predicted molar refractivity (Wildman–Crippen MR) is 146 cm³/mol. The van der Waals surface area contributed by atoms with Gasteiger partial charge >= 0.3 is 0 Å². The van der Waals surface area contributed by atoms with Crippen molar-refractivity contribution >= 4 is 0 Å². The van der Waals surface area contributed by atoms with Crippen molar-refractivity contribution in [2.45, 2.75) is 65.1 Å². The summed E-state index contributed by atoms with van der Waals surface area (Å²) in [5.41, 5.74) is 2.69. The summed E-state index contributed by atoms with van der Waals surface area (Å²) in [5.74, 6) is 3.48. The molecule has 0 bridgehead atoms. The number of aliphatic hydroxyl groups is 1. The van der Waals surface area contributed by atoms with Gasteiger partial charge in [-0.3, -0.25) is 4.90 Å². The van der Waals surface area contributed by atoms with E-state index in [9.17, 15) is 5.11 Å². The molecule has 0 amide bonds. The Labute approximate surface area is 221 Å². The molecule has 0 radical (unpaired) electrons. The minimum atomic E-state index is -0.794. The zero-order valence-electron chi connectivity index (χ0n) is 22.7. The number of piperidine rings is 1. The van der Waals surface area contributed by atoms with Crippen LogP contribution in [0.5, 0.6) is 17.2 Å². The Kier molecular flexibility index (Phi) is 9.11. The van der Waals surface area contributed by atoms with Crippen LogP contribution in [0.25, 0.3) is 0 Å². The van der Waals surface area contributed by atoms with Crippen LogP contribution >= 0.6 is 0 Å². The summed E-state index contributed by atoms with van der Waals surface area (Å²) in [6, 6.07) is 12.3. The number of hydrogen-bond acceptors (Lipinski definition) is 6. The first-order chi connectivity index (χ1) is 17.9. The molecule has 1 aromatic heterocycles. The first-order valence-corrected chi connectivity index (χ1v) is 13.3. The molecule has 1 aliphatic rings. The van der Waals surface area contributed by atoms with Gasteiger partial charge in [0.15, 0.2) is 11.5 Å². The molecule has 1 saturated heterocycles. The Morgan fingerprint density at radius 2 is 1.78 bits per heavy atom.